The van der Waals surface area contributed by atoms with Crippen LogP contribution in [-0.4, -0.2) is 24.7 Å². The Hall–Kier alpha value is -3.16. The molecule has 0 spiro atoms. The van der Waals surface area contributed by atoms with Crippen LogP contribution < -0.4 is 14.9 Å². The van der Waals surface area contributed by atoms with Gasteiger partial charge in [0.1, 0.15) is 11.5 Å². The number of nitrogens with one attached hydrogen (secondary N) is 1. The van der Waals surface area contributed by atoms with Crippen molar-refractivity contribution in [2.24, 2.45) is 5.10 Å². The predicted octanol–water partition coefficient (Wildman–Crippen LogP) is 4.85. The zero-order valence-electron chi connectivity index (χ0n) is 15.5. The molecule has 0 fully saturated rings. The Labute approximate surface area is 186 Å². The van der Waals surface area contributed by atoms with Crippen molar-refractivity contribution < 1.29 is 19.1 Å². The van der Waals surface area contributed by atoms with Gasteiger partial charge in [-0.25, -0.2) is 10.2 Å². The Bertz CT molecular complexity index is 1090. The summed E-state index contributed by atoms with van der Waals surface area (Å²) in [7, 11) is 0. The van der Waals surface area contributed by atoms with E-state index in [0.717, 1.165) is 4.47 Å². The van der Waals surface area contributed by atoms with Gasteiger partial charge in [-0.1, -0.05) is 51.8 Å². The van der Waals surface area contributed by atoms with E-state index >= 15 is 0 Å². The van der Waals surface area contributed by atoms with E-state index in [0.29, 0.717) is 27.6 Å². The van der Waals surface area contributed by atoms with Gasteiger partial charge in [0.15, 0.2) is 6.61 Å². The average molecular weight is 488 g/mol. The molecule has 0 bridgehead atoms. The van der Waals surface area contributed by atoms with Crippen molar-refractivity contribution in [1.29, 1.82) is 0 Å². The summed E-state index contributed by atoms with van der Waals surface area (Å²) >= 11 is 9.18. The van der Waals surface area contributed by atoms with Gasteiger partial charge in [0, 0.05) is 9.50 Å². The smallest absolute Gasteiger partial charge is 0.343 e. The first-order valence-electron chi connectivity index (χ1n) is 8.78. The summed E-state index contributed by atoms with van der Waals surface area (Å²) in [6, 6.07) is 20.4. The number of nitrogens with zero attached hydrogens (tertiary/aromatic N) is 1. The van der Waals surface area contributed by atoms with E-state index in [1.807, 2.05) is 6.07 Å². The molecule has 3 aromatic carbocycles. The van der Waals surface area contributed by atoms with Crippen molar-refractivity contribution in [1.82, 2.24) is 5.43 Å². The van der Waals surface area contributed by atoms with E-state index in [-0.39, 0.29) is 6.61 Å². The molecule has 0 aliphatic carbocycles. The van der Waals surface area contributed by atoms with Gasteiger partial charge in [0.05, 0.1) is 11.8 Å². The van der Waals surface area contributed by atoms with Gasteiger partial charge in [-0.05, 0) is 54.1 Å². The van der Waals surface area contributed by atoms with Gasteiger partial charge >= 0.3 is 5.97 Å². The molecule has 30 heavy (non-hydrogen) atoms. The summed E-state index contributed by atoms with van der Waals surface area (Å²) in [4.78, 5) is 24.1. The summed E-state index contributed by atoms with van der Waals surface area (Å²) in [6.45, 7) is -0.206. The van der Waals surface area contributed by atoms with Gasteiger partial charge in [0.2, 0.25) is 0 Å². The molecule has 1 amide bonds. The van der Waals surface area contributed by atoms with E-state index in [1.54, 1.807) is 66.7 Å². The summed E-state index contributed by atoms with van der Waals surface area (Å²) < 4.78 is 11.5. The molecular formula is C22H16BrClN2O4. The van der Waals surface area contributed by atoms with Gasteiger partial charge in [-0.15, -0.1) is 0 Å². The maximum absolute atomic E-state index is 12.2. The fourth-order valence-electron chi connectivity index (χ4n) is 2.36. The molecule has 0 aliphatic rings. The van der Waals surface area contributed by atoms with Crippen molar-refractivity contribution in [3.63, 3.8) is 0 Å². The number of rotatable bonds is 7. The van der Waals surface area contributed by atoms with Gasteiger partial charge in [-0.3, -0.25) is 4.79 Å². The van der Waals surface area contributed by atoms with Crippen LogP contribution in [0.1, 0.15) is 15.9 Å². The second kappa shape index (κ2) is 10.6. The Morgan fingerprint density at radius 2 is 1.77 bits per heavy atom. The molecule has 0 aromatic heterocycles. The van der Waals surface area contributed by atoms with Crippen LogP contribution in [0.15, 0.2) is 82.4 Å². The van der Waals surface area contributed by atoms with Gasteiger partial charge in [0.25, 0.3) is 5.91 Å². The maximum Gasteiger partial charge on any atom is 0.343 e. The van der Waals surface area contributed by atoms with Crippen LogP contribution >= 0.6 is 27.5 Å². The standard InChI is InChI=1S/C22H16BrClN2O4/c23-17-6-2-5-16(11-17)22(28)30-20-9-1-4-15(10-20)13-25-26-21(27)14-29-19-8-3-7-18(24)12-19/h1-13H,14H2,(H,26,27). The lowest BCUT2D eigenvalue weighted by Gasteiger charge is -2.06. The minimum absolute atomic E-state index is 0.206. The van der Waals surface area contributed by atoms with Crippen LogP contribution in [0.4, 0.5) is 0 Å². The van der Waals surface area contributed by atoms with Crippen molar-refractivity contribution in [2.75, 3.05) is 6.61 Å². The number of esters is 1. The zero-order valence-corrected chi connectivity index (χ0v) is 17.9. The molecule has 0 unspecified atom stereocenters. The quantitative estimate of drug-likeness (QED) is 0.224. The molecule has 3 aromatic rings. The molecule has 3 rings (SSSR count). The van der Waals surface area contributed by atoms with Gasteiger partial charge in [-0.2, -0.15) is 5.10 Å². The largest absolute Gasteiger partial charge is 0.484 e. The number of hydrazone groups is 1. The predicted molar refractivity (Wildman–Crippen MR) is 118 cm³/mol. The number of benzene rings is 3. The molecule has 0 aliphatic heterocycles. The summed E-state index contributed by atoms with van der Waals surface area (Å²) in [5.41, 5.74) is 3.44. The average Bonchev–Trinajstić information content (AvgIpc) is 2.73. The first-order chi connectivity index (χ1) is 14.5. The SMILES string of the molecule is O=C(COc1cccc(Cl)c1)NN=Cc1cccc(OC(=O)c2cccc(Br)c2)c1. The Morgan fingerprint density at radius 3 is 2.57 bits per heavy atom. The van der Waals surface area contributed by atoms with E-state index in [2.05, 4.69) is 26.5 Å². The zero-order chi connectivity index (χ0) is 21.3. The molecule has 152 valence electrons. The lowest BCUT2D eigenvalue weighted by molar-refractivity contribution is -0.123. The topological polar surface area (TPSA) is 77.0 Å². The highest BCUT2D eigenvalue weighted by molar-refractivity contribution is 9.10. The number of carbonyl (C=O) groups is 2. The number of hydrogen-bond acceptors (Lipinski definition) is 5. The molecule has 0 saturated heterocycles. The van der Waals surface area contributed by atoms with E-state index in [4.69, 9.17) is 21.1 Å². The lowest BCUT2D eigenvalue weighted by Crippen LogP contribution is -2.24. The highest BCUT2D eigenvalue weighted by Gasteiger charge is 2.09. The molecule has 8 heteroatoms. The van der Waals surface area contributed by atoms with Crippen LogP contribution in [-0.2, 0) is 4.79 Å². The van der Waals surface area contributed by atoms with E-state index < -0.39 is 11.9 Å². The number of hydrogen-bond donors (Lipinski definition) is 1. The Morgan fingerprint density at radius 1 is 1.00 bits per heavy atom. The number of ether oxygens (including phenoxy) is 2. The molecule has 0 radical (unpaired) electrons. The minimum Gasteiger partial charge on any atom is -0.484 e. The van der Waals surface area contributed by atoms with Crippen LogP contribution in [0, 0.1) is 0 Å². The van der Waals surface area contributed by atoms with Crippen LogP contribution in [0.5, 0.6) is 11.5 Å². The van der Waals surface area contributed by atoms with E-state index in [9.17, 15) is 9.59 Å². The molecule has 0 heterocycles. The van der Waals surface area contributed by atoms with Crippen molar-refractivity contribution in [2.45, 2.75) is 0 Å². The third-order valence-corrected chi connectivity index (χ3v) is 4.43. The maximum atomic E-state index is 12.2. The summed E-state index contributed by atoms with van der Waals surface area (Å²) in [5.74, 6) is -0.0542. The second-order valence-electron chi connectivity index (χ2n) is 6.01. The molecule has 0 saturated carbocycles. The molecule has 0 atom stereocenters. The molecule has 1 N–H and O–H groups in total. The van der Waals surface area contributed by atoms with Crippen molar-refractivity contribution >= 4 is 45.6 Å². The van der Waals surface area contributed by atoms with Crippen LogP contribution in [0.25, 0.3) is 0 Å². The monoisotopic (exact) mass is 486 g/mol. The Balaban J connectivity index is 1.52. The fraction of sp³-hybridized carbons (Fsp3) is 0.0455. The first kappa shape index (κ1) is 21.5. The highest BCUT2D eigenvalue weighted by atomic mass is 79.9. The van der Waals surface area contributed by atoms with Crippen LogP contribution in [0.2, 0.25) is 5.02 Å². The number of halogens is 2. The third kappa shape index (κ3) is 6.72. The van der Waals surface area contributed by atoms with Gasteiger partial charge < -0.3 is 9.47 Å². The fourth-order valence-corrected chi connectivity index (χ4v) is 2.94. The number of carbonyl (C=O) groups excluding carboxylic acids is 2. The van der Waals surface area contributed by atoms with Crippen molar-refractivity contribution in [3.8, 4) is 11.5 Å². The normalized spacial score (nSPS) is 10.6. The lowest BCUT2D eigenvalue weighted by atomic mass is 10.2. The second-order valence-corrected chi connectivity index (χ2v) is 7.36. The third-order valence-electron chi connectivity index (χ3n) is 3.70. The first-order valence-corrected chi connectivity index (χ1v) is 9.95. The molecular weight excluding hydrogens is 472 g/mol. The number of amides is 1. The summed E-state index contributed by atoms with van der Waals surface area (Å²) in [5, 5.41) is 4.40. The minimum atomic E-state index is -0.475. The highest BCUT2D eigenvalue weighted by Crippen LogP contribution is 2.18. The van der Waals surface area contributed by atoms with E-state index in [1.165, 1.54) is 6.21 Å². The van der Waals surface area contributed by atoms with Crippen LogP contribution in [0.3, 0.4) is 0 Å². The summed E-state index contributed by atoms with van der Waals surface area (Å²) in [6.07, 6.45) is 1.44. The van der Waals surface area contributed by atoms with Crippen molar-refractivity contribution in [3.05, 3.63) is 93.4 Å². The molecule has 6 nitrogen and oxygen atoms in total. The Kier molecular flexibility index (Phi) is 7.59.